The number of nitrogens with zero attached hydrogens (tertiary/aromatic N) is 1. The molecule has 1 unspecified atom stereocenters. The molecule has 0 radical (unpaired) electrons. The summed E-state index contributed by atoms with van der Waals surface area (Å²) in [5.74, 6) is -2.36. The maximum absolute atomic E-state index is 14.0. The zero-order valence-corrected chi connectivity index (χ0v) is 14.3. The minimum atomic E-state index is -0.734. The Morgan fingerprint density at radius 3 is 2.15 bits per heavy atom. The number of para-hydroxylation sites is 1. The molecule has 26 heavy (non-hydrogen) atoms. The number of rotatable bonds is 2. The largest absolute Gasteiger partial charge is 0.273 e. The molecule has 0 spiro atoms. The molecule has 0 aliphatic carbocycles. The van der Waals surface area contributed by atoms with Gasteiger partial charge in [-0.3, -0.25) is 9.59 Å². The van der Waals surface area contributed by atoms with Crippen LogP contribution in [0.5, 0.6) is 0 Å². The van der Waals surface area contributed by atoms with E-state index in [0.717, 1.165) is 16.5 Å². The molecular formula is C21H13ClFNO2. The maximum atomic E-state index is 14.0. The van der Waals surface area contributed by atoms with Crippen molar-refractivity contribution in [2.75, 3.05) is 4.90 Å². The van der Waals surface area contributed by atoms with E-state index in [0.29, 0.717) is 11.3 Å². The van der Waals surface area contributed by atoms with Crippen molar-refractivity contribution in [2.24, 2.45) is 0 Å². The maximum Gasteiger partial charge on any atom is 0.265 e. The Morgan fingerprint density at radius 2 is 1.50 bits per heavy atom. The number of carbonyl (C=O) groups excluding carboxylic acids is 2. The zero-order valence-electron chi connectivity index (χ0n) is 13.5. The lowest BCUT2D eigenvalue weighted by atomic mass is 9.83. The lowest BCUT2D eigenvalue weighted by Crippen LogP contribution is -2.45. The van der Waals surface area contributed by atoms with Gasteiger partial charge in [0, 0.05) is 5.56 Å². The Bertz CT molecular complexity index is 1010. The first kappa shape index (κ1) is 16.5. The number of benzene rings is 3. The second kappa shape index (κ2) is 6.39. The van der Waals surface area contributed by atoms with Crippen LogP contribution in [0, 0.1) is 5.82 Å². The van der Waals surface area contributed by atoms with Gasteiger partial charge in [0.05, 0.1) is 16.6 Å². The fraction of sp³-hybridized carbons (Fsp3) is 0.0476. The molecule has 3 nitrogen and oxygen atoms in total. The van der Waals surface area contributed by atoms with E-state index in [1.807, 2.05) is 30.3 Å². The van der Waals surface area contributed by atoms with Crippen LogP contribution in [0.1, 0.15) is 27.4 Å². The highest BCUT2D eigenvalue weighted by Gasteiger charge is 2.41. The van der Waals surface area contributed by atoms with Gasteiger partial charge in [0.25, 0.3) is 5.91 Å². The van der Waals surface area contributed by atoms with Crippen LogP contribution in [0.2, 0.25) is 5.02 Å². The summed E-state index contributed by atoms with van der Waals surface area (Å²) in [6.45, 7) is 0. The number of carbonyl (C=O) groups is 2. The molecule has 4 rings (SSSR count). The number of amides is 2. The van der Waals surface area contributed by atoms with Crippen molar-refractivity contribution in [3.63, 3.8) is 0 Å². The number of imide groups is 1. The third-order valence-electron chi connectivity index (χ3n) is 4.45. The minimum Gasteiger partial charge on any atom is -0.273 e. The molecule has 0 N–H and O–H groups in total. The van der Waals surface area contributed by atoms with Gasteiger partial charge in [-0.25, -0.2) is 9.29 Å². The fourth-order valence-corrected chi connectivity index (χ4v) is 3.43. The van der Waals surface area contributed by atoms with Crippen LogP contribution in [0.4, 0.5) is 10.1 Å². The lowest BCUT2D eigenvalue weighted by Gasteiger charge is -2.33. The van der Waals surface area contributed by atoms with Crippen molar-refractivity contribution < 1.29 is 14.0 Å². The van der Waals surface area contributed by atoms with Crippen molar-refractivity contribution in [3.05, 3.63) is 100 Å². The smallest absolute Gasteiger partial charge is 0.265 e. The average molecular weight is 366 g/mol. The van der Waals surface area contributed by atoms with Crippen molar-refractivity contribution in [1.29, 1.82) is 0 Å². The van der Waals surface area contributed by atoms with Crippen molar-refractivity contribution in [3.8, 4) is 0 Å². The van der Waals surface area contributed by atoms with Crippen LogP contribution in [-0.2, 0) is 4.79 Å². The summed E-state index contributed by atoms with van der Waals surface area (Å²) in [6.07, 6.45) is 0. The van der Waals surface area contributed by atoms with Gasteiger partial charge in [0.15, 0.2) is 0 Å². The molecule has 0 saturated heterocycles. The molecular weight excluding hydrogens is 353 g/mol. The molecule has 128 valence electrons. The topological polar surface area (TPSA) is 37.4 Å². The molecule has 2 amide bonds. The zero-order chi connectivity index (χ0) is 18.3. The Balaban J connectivity index is 1.97. The summed E-state index contributed by atoms with van der Waals surface area (Å²) in [5.41, 5.74) is 1.73. The van der Waals surface area contributed by atoms with Crippen molar-refractivity contribution >= 4 is 29.1 Å². The van der Waals surface area contributed by atoms with Gasteiger partial charge in [-0.1, -0.05) is 60.1 Å². The number of halogens is 2. The van der Waals surface area contributed by atoms with E-state index in [4.69, 9.17) is 11.6 Å². The second-order valence-corrected chi connectivity index (χ2v) is 6.42. The predicted octanol–water partition coefficient (Wildman–Crippen LogP) is 4.80. The molecule has 1 aliphatic rings. The van der Waals surface area contributed by atoms with E-state index in [2.05, 4.69) is 0 Å². The highest BCUT2D eigenvalue weighted by molar-refractivity contribution is 6.32. The normalized spacial score (nSPS) is 16.5. The minimum absolute atomic E-state index is 0.113. The SMILES string of the molecule is O=C1c2cc(F)c(Cl)cc2C(c2ccccc2)C(=O)N1c1ccccc1. The van der Waals surface area contributed by atoms with Crippen molar-refractivity contribution in [2.45, 2.75) is 5.92 Å². The summed E-state index contributed by atoms with van der Waals surface area (Å²) >= 11 is 5.94. The van der Waals surface area contributed by atoms with Crippen LogP contribution < -0.4 is 4.90 Å². The quantitative estimate of drug-likeness (QED) is 0.612. The first-order chi connectivity index (χ1) is 12.6. The fourth-order valence-electron chi connectivity index (χ4n) is 3.26. The third-order valence-corrected chi connectivity index (χ3v) is 4.74. The Kier molecular flexibility index (Phi) is 4.05. The first-order valence-corrected chi connectivity index (χ1v) is 8.43. The van der Waals surface area contributed by atoms with Crippen LogP contribution in [-0.4, -0.2) is 11.8 Å². The van der Waals surface area contributed by atoms with E-state index >= 15 is 0 Å². The van der Waals surface area contributed by atoms with Gasteiger partial charge in [0.1, 0.15) is 5.82 Å². The van der Waals surface area contributed by atoms with Gasteiger partial charge in [0.2, 0.25) is 5.91 Å². The molecule has 5 heteroatoms. The summed E-state index contributed by atoms with van der Waals surface area (Å²) in [4.78, 5) is 27.3. The monoisotopic (exact) mass is 365 g/mol. The Hall–Kier alpha value is -2.98. The number of fused-ring (bicyclic) bond motifs is 1. The summed E-state index contributed by atoms with van der Waals surface area (Å²) in [6, 6.07) is 20.2. The predicted molar refractivity (Wildman–Crippen MR) is 98.0 cm³/mol. The molecule has 0 saturated carbocycles. The van der Waals surface area contributed by atoms with Gasteiger partial charge in [-0.2, -0.15) is 0 Å². The Labute approximate surface area is 154 Å². The molecule has 3 aromatic rings. The van der Waals surface area contributed by atoms with Crippen LogP contribution in [0.25, 0.3) is 0 Å². The summed E-state index contributed by atoms with van der Waals surface area (Å²) < 4.78 is 14.0. The third kappa shape index (κ3) is 2.59. The van der Waals surface area contributed by atoms with Gasteiger partial charge in [-0.15, -0.1) is 0 Å². The molecule has 0 fully saturated rings. The molecule has 0 aromatic heterocycles. The molecule has 1 atom stereocenters. The van der Waals surface area contributed by atoms with Gasteiger partial charge >= 0.3 is 0 Å². The highest BCUT2D eigenvalue weighted by atomic mass is 35.5. The van der Waals surface area contributed by atoms with Gasteiger partial charge in [-0.05, 0) is 35.4 Å². The summed E-state index contributed by atoms with van der Waals surface area (Å²) in [7, 11) is 0. The second-order valence-electron chi connectivity index (χ2n) is 6.01. The van der Waals surface area contributed by atoms with E-state index in [1.165, 1.54) is 6.07 Å². The first-order valence-electron chi connectivity index (χ1n) is 8.05. The molecule has 1 aliphatic heterocycles. The number of anilines is 1. The van der Waals surface area contributed by atoms with E-state index in [1.54, 1.807) is 30.3 Å². The van der Waals surface area contributed by atoms with E-state index in [-0.39, 0.29) is 16.5 Å². The lowest BCUT2D eigenvalue weighted by molar-refractivity contribution is -0.118. The van der Waals surface area contributed by atoms with E-state index in [9.17, 15) is 14.0 Å². The molecule has 3 aromatic carbocycles. The molecule has 0 bridgehead atoms. The highest BCUT2D eigenvalue weighted by Crippen LogP contribution is 2.38. The van der Waals surface area contributed by atoms with Crippen LogP contribution in [0.15, 0.2) is 72.8 Å². The average Bonchev–Trinajstić information content (AvgIpc) is 2.66. The number of hydrogen-bond acceptors (Lipinski definition) is 2. The van der Waals surface area contributed by atoms with E-state index < -0.39 is 17.6 Å². The standard InChI is InChI=1S/C21H13ClFNO2/c22-17-11-15-16(12-18(17)23)20(25)24(14-9-5-2-6-10-14)21(26)19(15)13-7-3-1-4-8-13/h1-12,19H. The van der Waals surface area contributed by atoms with Gasteiger partial charge < -0.3 is 0 Å². The van der Waals surface area contributed by atoms with Crippen LogP contribution >= 0.6 is 11.6 Å². The van der Waals surface area contributed by atoms with Crippen LogP contribution in [0.3, 0.4) is 0 Å². The number of hydrogen-bond donors (Lipinski definition) is 0. The Morgan fingerprint density at radius 1 is 0.885 bits per heavy atom. The van der Waals surface area contributed by atoms with Crippen molar-refractivity contribution in [1.82, 2.24) is 0 Å². The molecule has 1 heterocycles. The summed E-state index contributed by atoms with van der Waals surface area (Å²) in [5, 5.41) is -0.113.